The van der Waals surface area contributed by atoms with E-state index in [9.17, 15) is 0 Å². The minimum atomic E-state index is -0.0191. The molecule has 1 aromatic carbocycles. The van der Waals surface area contributed by atoms with Gasteiger partial charge in [0.1, 0.15) is 17.6 Å². The van der Waals surface area contributed by atoms with Crippen molar-refractivity contribution in [1.82, 2.24) is 0 Å². The van der Waals surface area contributed by atoms with Crippen LogP contribution in [0.15, 0.2) is 24.3 Å². The molecule has 0 aromatic heterocycles. The van der Waals surface area contributed by atoms with Crippen LogP contribution in [0.2, 0.25) is 0 Å². The van der Waals surface area contributed by atoms with E-state index in [4.69, 9.17) is 15.2 Å². The van der Waals surface area contributed by atoms with Crippen LogP contribution < -0.4 is 15.2 Å². The Hall–Kier alpha value is -1.22. The predicted octanol–water partition coefficient (Wildman–Crippen LogP) is 3.62. The van der Waals surface area contributed by atoms with Gasteiger partial charge in [0, 0.05) is 17.5 Å². The molecular weight excluding hydrogens is 238 g/mol. The Morgan fingerprint density at radius 3 is 2.32 bits per heavy atom. The molecule has 108 valence electrons. The van der Waals surface area contributed by atoms with Gasteiger partial charge in [-0.05, 0) is 25.5 Å². The van der Waals surface area contributed by atoms with E-state index in [1.54, 1.807) is 0 Å². The van der Waals surface area contributed by atoms with E-state index in [1.807, 2.05) is 31.2 Å². The molecule has 0 aliphatic rings. The highest BCUT2D eigenvalue weighted by Gasteiger charge is 2.31. The highest BCUT2D eigenvalue weighted by atomic mass is 16.5. The molecule has 2 N–H and O–H groups in total. The standard InChI is InChI=1S/C16H27NO2/c1-6-14(17)15(16(3,4)5)19-13-10-8-9-12(11-13)18-7-2/h8-11,14-15H,6-7,17H2,1-5H3. The summed E-state index contributed by atoms with van der Waals surface area (Å²) in [4.78, 5) is 0. The maximum atomic E-state index is 6.19. The van der Waals surface area contributed by atoms with Gasteiger partial charge in [-0.25, -0.2) is 0 Å². The van der Waals surface area contributed by atoms with Crippen molar-refractivity contribution in [1.29, 1.82) is 0 Å². The first-order chi connectivity index (χ1) is 8.88. The molecule has 2 atom stereocenters. The van der Waals surface area contributed by atoms with E-state index in [0.29, 0.717) is 6.61 Å². The SMILES string of the molecule is CCOc1cccc(OC(C(N)CC)C(C)(C)C)c1. The van der Waals surface area contributed by atoms with Crippen LogP contribution in [0.25, 0.3) is 0 Å². The summed E-state index contributed by atoms with van der Waals surface area (Å²) in [6.45, 7) is 11.2. The fourth-order valence-corrected chi connectivity index (χ4v) is 2.07. The van der Waals surface area contributed by atoms with Crippen molar-refractivity contribution in [3.8, 4) is 11.5 Å². The average Bonchev–Trinajstić information content (AvgIpc) is 2.34. The molecule has 1 aromatic rings. The number of nitrogens with two attached hydrogens (primary N) is 1. The zero-order chi connectivity index (χ0) is 14.5. The van der Waals surface area contributed by atoms with Gasteiger partial charge in [-0.2, -0.15) is 0 Å². The number of hydrogen-bond acceptors (Lipinski definition) is 3. The molecule has 0 heterocycles. The van der Waals surface area contributed by atoms with Gasteiger partial charge in [0.15, 0.2) is 0 Å². The van der Waals surface area contributed by atoms with Gasteiger partial charge in [0.05, 0.1) is 6.61 Å². The molecule has 0 aliphatic heterocycles. The summed E-state index contributed by atoms with van der Waals surface area (Å²) in [6, 6.07) is 7.77. The second-order valence-electron chi connectivity index (χ2n) is 5.88. The molecule has 0 aliphatic carbocycles. The third-order valence-corrected chi connectivity index (χ3v) is 3.09. The Bertz CT molecular complexity index is 385. The zero-order valence-corrected chi connectivity index (χ0v) is 12.8. The zero-order valence-electron chi connectivity index (χ0n) is 12.8. The molecular formula is C16H27NO2. The summed E-state index contributed by atoms with van der Waals surface area (Å²) in [5.74, 6) is 1.65. The van der Waals surface area contributed by atoms with Crippen molar-refractivity contribution in [2.24, 2.45) is 11.1 Å². The van der Waals surface area contributed by atoms with Gasteiger partial charge < -0.3 is 15.2 Å². The summed E-state index contributed by atoms with van der Waals surface area (Å²) >= 11 is 0. The van der Waals surface area contributed by atoms with Crippen LogP contribution in [0.1, 0.15) is 41.0 Å². The molecule has 0 radical (unpaired) electrons. The molecule has 2 unspecified atom stereocenters. The summed E-state index contributed by atoms with van der Waals surface area (Å²) in [5, 5.41) is 0. The Morgan fingerprint density at radius 1 is 1.16 bits per heavy atom. The second-order valence-corrected chi connectivity index (χ2v) is 5.88. The molecule has 0 saturated carbocycles. The van der Waals surface area contributed by atoms with E-state index < -0.39 is 0 Å². The molecule has 3 nitrogen and oxygen atoms in total. The third kappa shape index (κ3) is 4.75. The lowest BCUT2D eigenvalue weighted by atomic mass is 9.84. The van der Waals surface area contributed by atoms with Crippen LogP contribution in [-0.2, 0) is 0 Å². The van der Waals surface area contributed by atoms with Crippen molar-refractivity contribution in [2.45, 2.75) is 53.2 Å². The van der Waals surface area contributed by atoms with Crippen LogP contribution in [0.4, 0.5) is 0 Å². The largest absolute Gasteiger partial charge is 0.494 e. The lowest BCUT2D eigenvalue weighted by Gasteiger charge is -2.35. The number of benzene rings is 1. The van der Waals surface area contributed by atoms with E-state index in [-0.39, 0.29) is 17.6 Å². The quantitative estimate of drug-likeness (QED) is 0.854. The van der Waals surface area contributed by atoms with Gasteiger partial charge in [-0.15, -0.1) is 0 Å². The topological polar surface area (TPSA) is 44.5 Å². The Labute approximate surface area is 117 Å². The maximum Gasteiger partial charge on any atom is 0.123 e. The minimum Gasteiger partial charge on any atom is -0.494 e. The van der Waals surface area contributed by atoms with Crippen molar-refractivity contribution >= 4 is 0 Å². The summed E-state index contributed by atoms with van der Waals surface area (Å²) in [7, 11) is 0. The molecule has 19 heavy (non-hydrogen) atoms. The van der Waals surface area contributed by atoms with Crippen LogP contribution >= 0.6 is 0 Å². The van der Waals surface area contributed by atoms with Gasteiger partial charge in [-0.1, -0.05) is 33.8 Å². The maximum absolute atomic E-state index is 6.19. The Balaban J connectivity index is 2.87. The molecule has 0 fully saturated rings. The Morgan fingerprint density at radius 2 is 1.79 bits per heavy atom. The molecule has 0 amide bonds. The molecule has 0 spiro atoms. The van der Waals surface area contributed by atoms with Crippen LogP contribution in [0, 0.1) is 5.41 Å². The molecule has 0 saturated heterocycles. The summed E-state index contributed by atoms with van der Waals surface area (Å²) in [5.41, 5.74) is 6.19. The monoisotopic (exact) mass is 265 g/mol. The van der Waals surface area contributed by atoms with Gasteiger partial charge in [0.25, 0.3) is 0 Å². The fraction of sp³-hybridized carbons (Fsp3) is 0.625. The number of ether oxygens (including phenoxy) is 2. The van der Waals surface area contributed by atoms with Gasteiger partial charge in [-0.3, -0.25) is 0 Å². The smallest absolute Gasteiger partial charge is 0.123 e. The average molecular weight is 265 g/mol. The molecule has 0 bridgehead atoms. The predicted molar refractivity (Wildman–Crippen MR) is 79.7 cm³/mol. The first-order valence-electron chi connectivity index (χ1n) is 7.03. The van der Waals surface area contributed by atoms with E-state index in [1.165, 1.54) is 0 Å². The van der Waals surface area contributed by atoms with Crippen LogP contribution in [0.3, 0.4) is 0 Å². The lowest BCUT2D eigenvalue weighted by molar-refractivity contribution is 0.0619. The molecule has 3 heteroatoms. The van der Waals surface area contributed by atoms with E-state index in [2.05, 4.69) is 27.7 Å². The summed E-state index contributed by atoms with van der Waals surface area (Å²) in [6.07, 6.45) is 0.877. The normalized spacial score (nSPS) is 14.8. The van der Waals surface area contributed by atoms with Crippen LogP contribution in [0.5, 0.6) is 11.5 Å². The highest BCUT2D eigenvalue weighted by Crippen LogP contribution is 2.29. The minimum absolute atomic E-state index is 0.00293. The van der Waals surface area contributed by atoms with Crippen molar-refractivity contribution in [3.63, 3.8) is 0 Å². The third-order valence-electron chi connectivity index (χ3n) is 3.09. The van der Waals surface area contributed by atoms with Crippen molar-refractivity contribution in [3.05, 3.63) is 24.3 Å². The first kappa shape index (κ1) is 15.8. The lowest BCUT2D eigenvalue weighted by Crippen LogP contribution is -2.47. The van der Waals surface area contributed by atoms with E-state index in [0.717, 1.165) is 17.9 Å². The van der Waals surface area contributed by atoms with E-state index >= 15 is 0 Å². The first-order valence-corrected chi connectivity index (χ1v) is 7.03. The van der Waals surface area contributed by atoms with Crippen molar-refractivity contribution < 1.29 is 9.47 Å². The number of rotatable bonds is 6. The second kappa shape index (κ2) is 6.80. The number of hydrogen-bond donors (Lipinski definition) is 1. The Kier molecular flexibility index (Phi) is 5.67. The van der Waals surface area contributed by atoms with Gasteiger partial charge >= 0.3 is 0 Å². The molecule has 1 rings (SSSR count). The summed E-state index contributed by atoms with van der Waals surface area (Å²) < 4.78 is 11.6. The fourth-order valence-electron chi connectivity index (χ4n) is 2.07. The van der Waals surface area contributed by atoms with Crippen LogP contribution in [-0.4, -0.2) is 18.8 Å². The highest BCUT2D eigenvalue weighted by molar-refractivity contribution is 5.33. The van der Waals surface area contributed by atoms with Crippen molar-refractivity contribution in [2.75, 3.05) is 6.61 Å². The van der Waals surface area contributed by atoms with Gasteiger partial charge in [0.2, 0.25) is 0 Å².